The first-order chi connectivity index (χ1) is 14.1. The zero-order chi connectivity index (χ0) is 20.2. The second kappa shape index (κ2) is 8.32. The molecule has 5 nitrogen and oxygen atoms in total. The molecule has 144 valence electrons. The Kier molecular flexibility index (Phi) is 5.44. The van der Waals surface area contributed by atoms with Crippen molar-refractivity contribution in [2.75, 3.05) is 11.1 Å². The first kappa shape index (κ1) is 19.0. The number of nitrogens with one attached hydrogen (secondary N) is 1. The molecule has 0 atom stereocenters. The van der Waals surface area contributed by atoms with E-state index in [1.807, 2.05) is 73.7 Å². The summed E-state index contributed by atoms with van der Waals surface area (Å²) in [6.07, 6.45) is 3.24. The molecule has 4 aromatic rings. The molecule has 1 heterocycles. The van der Waals surface area contributed by atoms with Gasteiger partial charge in [-0.15, -0.1) is 0 Å². The Balaban J connectivity index is 1.56. The van der Waals surface area contributed by atoms with Crippen molar-refractivity contribution in [3.8, 4) is 5.69 Å². The van der Waals surface area contributed by atoms with Crippen LogP contribution in [0.2, 0.25) is 0 Å². The summed E-state index contributed by atoms with van der Waals surface area (Å²) in [7, 11) is 0. The van der Waals surface area contributed by atoms with Gasteiger partial charge in [0.25, 0.3) is 5.56 Å². The van der Waals surface area contributed by atoms with Gasteiger partial charge in [0, 0.05) is 23.5 Å². The zero-order valence-electron chi connectivity index (χ0n) is 15.8. The smallest absolute Gasteiger partial charge is 0.287 e. The Labute approximate surface area is 172 Å². The number of carbonyl (C=O) groups excluding carboxylic acids is 1. The van der Waals surface area contributed by atoms with Crippen molar-refractivity contribution in [2.45, 2.75) is 11.9 Å². The van der Waals surface area contributed by atoms with E-state index in [0.717, 1.165) is 39.5 Å². The van der Waals surface area contributed by atoms with Crippen LogP contribution >= 0.6 is 11.8 Å². The summed E-state index contributed by atoms with van der Waals surface area (Å²) in [5.41, 5.74) is 2.36. The lowest BCUT2D eigenvalue weighted by atomic mass is 10.1. The van der Waals surface area contributed by atoms with Gasteiger partial charge in [-0.2, -0.15) is 0 Å². The normalized spacial score (nSPS) is 10.8. The maximum atomic E-state index is 13.0. The van der Waals surface area contributed by atoms with Crippen molar-refractivity contribution in [3.63, 3.8) is 0 Å². The van der Waals surface area contributed by atoms with Crippen molar-refractivity contribution in [2.24, 2.45) is 0 Å². The number of nitrogens with zero attached hydrogens (tertiary/aromatic N) is 2. The van der Waals surface area contributed by atoms with Gasteiger partial charge >= 0.3 is 0 Å². The Morgan fingerprint density at radius 2 is 1.86 bits per heavy atom. The van der Waals surface area contributed by atoms with Crippen molar-refractivity contribution in [1.29, 1.82) is 0 Å². The lowest BCUT2D eigenvalue weighted by molar-refractivity contribution is -0.113. The summed E-state index contributed by atoms with van der Waals surface area (Å²) >= 11 is 1.14. The molecular weight excluding hydrogens is 382 g/mol. The summed E-state index contributed by atoms with van der Waals surface area (Å²) in [5, 5.41) is 5.18. The molecule has 0 saturated heterocycles. The third-order valence-corrected chi connectivity index (χ3v) is 5.44. The van der Waals surface area contributed by atoms with Crippen LogP contribution in [-0.4, -0.2) is 21.2 Å². The number of amides is 1. The van der Waals surface area contributed by atoms with Crippen LogP contribution in [0.25, 0.3) is 16.5 Å². The van der Waals surface area contributed by atoms with Crippen LogP contribution in [-0.2, 0) is 4.79 Å². The molecule has 0 fully saturated rings. The fourth-order valence-electron chi connectivity index (χ4n) is 3.15. The third-order valence-electron chi connectivity index (χ3n) is 4.48. The Bertz CT molecular complexity index is 1240. The maximum absolute atomic E-state index is 13.0. The minimum absolute atomic E-state index is 0.107. The summed E-state index contributed by atoms with van der Waals surface area (Å²) in [6, 6.07) is 21.3. The monoisotopic (exact) mass is 401 g/mol. The molecular formula is C23H19N3O2S. The van der Waals surface area contributed by atoms with E-state index in [9.17, 15) is 9.59 Å². The fraction of sp³-hybridized carbons (Fsp3) is 0.0870. The van der Waals surface area contributed by atoms with Crippen molar-refractivity contribution < 1.29 is 4.79 Å². The van der Waals surface area contributed by atoms with E-state index in [1.54, 1.807) is 17.0 Å². The van der Waals surface area contributed by atoms with Crippen LogP contribution in [0.1, 0.15) is 5.56 Å². The van der Waals surface area contributed by atoms with Gasteiger partial charge in [-0.25, -0.2) is 4.98 Å². The van der Waals surface area contributed by atoms with E-state index < -0.39 is 0 Å². The van der Waals surface area contributed by atoms with Gasteiger partial charge in [-0.1, -0.05) is 60.3 Å². The number of anilines is 1. The van der Waals surface area contributed by atoms with Crippen molar-refractivity contribution in [1.82, 2.24) is 9.55 Å². The van der Waals surface area contributed by atoms with E-state index in [-0.39, 0.29) is 17.2 Å². The molecule has 0 spiro atoms. The third kappa shape index (κ3) is 4.22. The quantitative estimate of drug-likeness (QED) is 0.503. The maximum Gasteiger partial charge on any atom is 0.287 e. The molecule has 3 aromatic carbocycles. The predicted molar refractivity (Wildman–Crippen MR) is 118 cm³/mol. The molecule has 0 unspecified atom stereocenters. The van der Waals surface area contributed by atoms with Crippen molar-refractivity contribution in [3.05, 3.63) is 95.0 Å². The van der Waals surface area contributed by atoms with E-state index in [0.29, 0.717) is 5.03 Å². The van der Waals surface area contributed by atoms with E-state index in [2.05, 4.69) is 10.3 Å². The number of hydrogen-bond donors (Lipinski definition) is 1. The summed E-state index contributed by atoms with van der Waals surface area (Å²) in [6.45, 7) is 1.97. The molecule has 0 bridgehead atoms. The first-order valence-electron chi connectivity index (χ1n) is 9.17. The highest BCUT2D eigenvalue weighted by Crippen LogP contribution is 2.21. The molecule has 0 radical (unpaired) electrons. The topological polar surface area (TPSA) is 64.0 Å². The highest BCUT2D eigenvalue weighted by molar-refractivity contribution is 7.99. The molecule has 1 N–H and O–H groups in total. The second-order valence-electron chi connectivity index (χ2n) is 6.61. The van der Waals surface area contributed by atoms with Gasteiger partial charge < -0.3 is 5.32 Å². The fourth-order valence-corrected chi connectivity index (χ4v) is 3.85. The number of thioether (sulfide) groups is 1. The Morgan fingerprint density at radius 1 is 1.07 bits per heavy atom. The Morgan fingerprint density at radius 3 is 2.72 bits per heavy atom. The number of aromatic nitrogens is 2. The van der Waals surface area contributed by atoms with Gasteiger partial charge in [-0.3, -0.25) is 14.2 Å². The second-order valence-corrected chi connectivity index (χ2v) is 7.58. The van der Waals surface area contributed by atoms with Crippen LogP contribution < -0.4 is 10.9 Å². The minimum Gasteiger partial charge on any atom is -0.325 e. The average molecular weight is 401 g/mol. The number of benzene rings is 3. The SMILES string of the molecule is Cc1cccc(NC(=O)CSc2nccn(-c3cccc4ccccc34)c2=O)c1. The zero-order valence-corrected chi connectivity index (χ0v) is 16.6. The molecule has 29 heavy (non-hydrogen) atoms. The van der Waals surface area contributed by atoms with Crippen LogP contribution in [0, 0.1) is 6.92 Å². The molecule has 0 aliphatic rings. The predicted octanol–water partition coefficient (Wildman–Crippen LogP) is 4.42. The van der Waals surface area contributed by atoms with Gasteiger partial charge in [-0.05, 0) is 36.1 Å². The van der Waals surface area contributed by atoms with E-state index >= 15 is 0 Å². The summed E-state index contributed by atoms with van der Waals surface area (Å²) in [4.78, 5) is 29.4. The van der Waals surface area contributed by atoms with Crippen LogP contribution in [0.3, 0.4) is 0 Å². The lowest BCUT2D eigenvalue weighted by Gasteiger charge is -2.10. The van der Waals surface area contributed by atoms with Gasteiger partial charge in [0.2, 0.25) is 5.91 Å². The molecule has 0 aliphatic heterocycles. The number of rotatable bonds is 5. The molecule has 1 aromatic heterocycles. The number of aryl methyl sites for hydroxylation is 1. The highest BCUT2D eigenvalue weighted by atomic mass is 32.2. The number of carbonyl (C=O) groups is 1. The number of hydrogen-bond acceptors (Lipinski definition) is 4. The molecule has 1 amide bonds. The summed E-state index contributed by atoms with van der Waals surface area (Å²) in [5.74, 6) is -0.0715. The minimum atomic E-state index is -0.239. The van der Waals surface area contributed by atoms with Crippen LogP contribution in [0.5, 0.6) is 0 Å². The van der Waals surface area contributed by atoms with E-state index in [1.165, 1.54) is 0 Å². The largest absolute Gasteiger partial charge is 0.325 e. The van der Waals surface area contributed by atoms with Crippen molar-refractivity contribution >= 4 is 34.1 Å². The van der Waals surface area contributed by atoms with Crippen LogP contribution in [0.4, 0.5) is 5.69 Å². The molecule has 0 aliphatic carbocycles. The van der Waals surface area contributed by atoms with E-state index in [4.69, 9.17) is 0 Å². The molecule has 0 saturated carbocycles. The molecule has 6 heteroatoms. The Hall–Kier alpha value is -3.38. The van der Waals surface area contributed by atoms with Gasteiger partial charge in [0.1, 0.15) is 0 Å². The average Bonchev–Trinajstić information content (AvgIpc) is 2.73. The molecule has 4 rings (SSSR count). The standard InChI is InChI=1S/C23H19N3O2S/c1-16-6-4-9-18(14-16)25-21(27)15-29-22-23(28)26(13-12-24-22)20-11-5-8-17-7-2-3-10-19(17)20/h2-14H,15H2,1H3,(H,25,27). The first-order valence-corrected chi connectivity index (χ1v) is 10.2. The van der Waals surface area contributed by atoms with Gasteiger partial charge in [0.15, 0.2) is 5.03 Å². The summed E-state index contributed by atoms with van der Waals surface area (Å²) < 4.78 is 1.58. The highest BCUT2D eigenvalue weighted by Gasteiger charge is 2.12. The lowest BCUT2D eigenvalue weighted by Crippen LogP contribution is -2.22. The number of fused-ring (bicyclic) bond motifs is 1. The van der Waals surface area contributed by atoms with Crippen LogP contribution in [0.15, 0.2) is 88.9 Å². The van der Waals surface area contributed by atoms with Gasteiger partial charge in [0.05, 0.1) is 11.4 Å².